The van der Waals surface area contributed by atoms with Crippen molar-refractivity contribution in [2.75, 3.05) is 33.3 Å². The third-order valence-electron chi connectivity index (χ3n) is 5.36. The van der Waals surface area contributed by atoms with Gasteiger partial charge in [0.05, 0.1) is 7.11 Å². The molecule has 2 aliphatic rings. The highest BCUT2D eigenvalue weighted by atomic mass is 16.5. The Balaban J connectivity index is 1.56. The van der Waals surface area contributed by atoms with Gasteiger partial charge in [-0.15, -0.1) is 0 Å². The van der Waals surface area contributed by atoms with Crippen molar-refractivity contribution in [1.82, 2.24) is 9.80 Å². The van der Waals surface area contributed by atoms with Gasteiger partial charge in [0.2, 0.25) is 0 Å². The second kappa shape index (κ2) is 7.99. The third-order valence-corrected chi connectivity index (χ3v) is 5.36. The van der Waals surface area contributed by atoms with Gasteiger partial charge in [0.15, 0.2) is 6.10 Å². The summed E-state index contributed by atoms with van der Waals surface area (Å²) in [6.07, 6.45) is 5.50. The maximum Gasteiger partial charge on any atom is 0.256 e. The molecule has 5 nitrogen and oxygen atoms in total. The number of ether oxygens (including phenoxy) is 1. The minimum absolute atomic E-state index is 0.202. The van der Waals surface area contributed by atoms with Crippen LogP contribution in [0.1, 0.15) is 43.8 Å². The fourth-order valence-electron chi connectivity index (χ4n) is 3.88. The van der Waals surface area contributed by atoms with E-state index in [1.165, 1.54) is 32.1 Å². The molecule has 1 heterocycles. The summed E-state index contributed by atoms with van der Waals surface area (Å²) in [6.45, 7) is 3.25. The van der Waals surface area contributed by atoms with Gasteiger partial charge in [0.1, 0.15) is 5.75 Å². The van der Waals surface area contributed by atoms with Gasteiger partial charge < -0.3 is 14.7 Å². The van der Waals surface area contributed by atoms with Crippen molar-refractivity contribution < 1.29 is 14.6 Å². The molecule has 1 atom stereocenters. The topological polar surface area (TPSA) is 53.0 Å². The summed E-state index contributed by atoms with van der Waals surface area (Å²) < 4.78 is 5.17. The molecular formula is C19H28N2O3. The molecule has 1 saturated carbocycles. The van der Waals surface area contributed by atoms with Crippen molar-refractivity contribution in [2.45, 2.75) is 44.2 Å². The largest absolute Gasteiger partial charge is 0.497 e. The highest BCUT2D eigenvalue weighted by Gasteiger charge is 2.30. The van der Waals surface area contributed by atoms with Crippen molar-refractivity contribution in [1.29, 1.82) is 0 Å². The van der Waals surface area contributed by atoms with E-state index in [-0.39, 0.29) is 5.91 Å². The number of hydrogen-bond donors (Lipinski definition) is 1. The standard InChI is InChI=1S/C19H28N2O3/c1-24-17-9-5-6-15(14-17)18(22)19(23)21-12-10-20(11-13-21)16-7-3-2-4-8-16/h5-6,9,14,16,18,22H,2-4,7-8,10-13H2,1H3. The first-order chi connectivity index (χ1) is 11.7. The number of piperazine rings is 1. The predicted molar refractivity (Wildman–Crippen MR) is 93.0 cm³/mol. The number of rotatable bonds is 4. The van der Waals surface area contributed by atoms with E-state index >= 15 is 0 Å². The van der Waals surface area contributed by atoms with Crippen LogP contribution in [-0.4, -0.2) is 60.1 Å². The zero-order valence-corrected chi connectivity index (χ0v) is 14.5. The van der Waals surface area contributed by atoms with Gasteiger partial charge in [-0.3, -0.25) is 9.69 Å². The second-order valence-electron chi connectivity index (χ2n) is 6.83. The lowest BCUT2D eigenvalue weighted by atomic mass is 9.94. The van der Waals surface area contributed by atoms with Crippen LogP contribution in [0, 0.1) is 0 Å². The molecule has 0 radical (unpaired) electrons. The zero-order valence-electron chi connectivity index (χ0n) is 14.5. The molecule has 2 fully saturated rings. The monoisotopic (exact) mass is 332 g/mol. The molecule has 1 N–H and O–H groups in total. The number of hydrogen-bond acceptors (Lipinski definition) is 4. The van der Waals surface area contributed by atoms with E-state index < -0.39 is 6.10 Å². The zero-order chi connectivity index (χ0) is 16.9. The van der Waals surface area contributed by atoms with Gasteiger partial charge in [0.25, 0.3) is 5.91 Å². The Kier molecular flexibility index (Phi) is 5.74. The van der Waals surface area contributed by atoms with E-state index in [1.54, 1.807) is 30.2 Å². The van der Waals surface area contributed by atoms with Gasteiger partial charge in [-0.2, -0.15) is 0 Å². The first-order valence-electron chi connectivity index (χ1n) is 9.04. The predicted octanol–water partition coefficient (Wildman–Crippen LogP) is 2.21. The second-order valence-corrected chi connectivity index (χ2v) is 6.83. The molecule has 0 spiro atoms. The summed E-state index contributed by atoms with van der Waals surface area (Å²) in [5.41, 5.74) is 0.592. The number of nitrogens with zero attached hydrogens (tertiary/aromatic N) is 2. The minimum Gasteiger partial charge on any atom is -0.497 e. The number of amides is 1. The van der Waals surface area contributed by atoms with Gasteiger partial charge in [-0.05, 0) is 30.5 Å². The summed E-state index contributed by atoms with van der Waals surface area (Å²) in [4.78, 5) is 16.9. The average Bonchev–Trinajstić information content (AvgIpc) is 2.67. The number of aliphatic hydroxyl groups is 1. The lowest BCUT2D eigenvalue weighted by Gasteiger charge is -2.41. The molecule has 0 bridgehead atoms. The summed E-state index contributed by atoms with van der Waals surface area (Å²) in [6, 6.07) is 7.79. The summed E-state index contributed by atoms with van der Waals surface area (Å²) in [7, 11) is 1.58. The number of aliphatic hydroxyl groups excluding tert-OH is 1. The normalized spacial score (nSPS) is 21.5. The molecule has 132 valence electrons. The molecule has 1 saturated heterocycles. The van der Waals surface area contributed by atoms with E-state index in [2.05, 4.69) is 4.90 Å². The van der Waals surface area contributed by atoms with Crippen LogP contribution in [0.15, 0.2) is 24.3 Å². The van der Waals surface area contributed by atoms with Crippen LogP contribution in [0.5, 0.6) is 5.75 Å². The fourth-order valence-corrected chi connectivity index (χ4v) is 3.88. The smallest absolute Gasteiger partial charge is 0.256 e. The van der Waals surface area contributed by atoms with E-state index in [1.807, 2.05) is 6.07 Å². The van der Waals surface area contributed by atoms with Crippen molar-refractivity contribution in [3.05, 3.63) is 29.8 Å². The SMILES string of the molecule is COc1cccc(C(O)C(=O)N2CCN(C3CCCCC3)CC2)c1. The molecule has 1 aliphatic heterocycles. The molecule has 3 rings (SSSR count). The first-order valence-corrected chi connectivity index (χ1v) is 9.04. The lowest BCUT2D eigenvalue weighted by Crippen LogP contribution is -2.53. The highest BCUT2D eigenvalue weighted by Crippen LogP contribution is 2.25. The Hall–Kier alpha value is -1.59. The number of carbonyl (C=O) groups excluding carboxylic acids is 1. The Morgan fingerprint density at radius 1 is 1.17 bits per heavy atom. The molecule has 0 aromatic heterocycles. The molecule has 1 amide bonds. The summed E-state index contributed by atoms with van der Waals surface area (Å²) >= 11 is 0. The number of benzene rings is 1. The van der Waals surface area contributed by atoms with Crippen LogP contribution in [0.3, 0.4) is 0 Å². The summed E-state index contributed by atoms with van der Waals surface area (Å²) in [5.74, 6) is 0.452. The summed E-state index contributed by atoms with van der Waals surface area (Å²) in [5, 5.41) is 10.4. The van der Waals surface area contributed by atoms with Crippen molar-refractivity contribution in [3.63, 3.8) is 0 Å². The van der Waals surface area contributed by atoms with Gasteiger partial charge in [-0.25, -0.2) is 0 Å². The van der Waals surface area contributed by atoms with E-state index in [0.717, 1.165) is 13.1 Å². The van der Waals surface area contributed by atoms with Crippen LogP contribution < -0.4 is 4.74 Å². The van der Waals surface area contributed by atoms with Gasteiger partial charge in [-0.1, -0.05) is 31.4 Å². The number of methoxy groups -OCH3 is 1. The van der Waals surface area contributed by atoms with Crippen LogP contribution in [0.25, 0.3) is 0 Å². The van der Waals surface area contributed by atoms with Crippen LogP contribution in [-0.2, 0) is 4.79 Å². The lowest BCUT2D eigenvalue weighted by molar-refractivity contribution is -0.142. The van der Waals surface area contributed by atoms with Gasteiger partial charge >= 0.3 is 0 Å². The van der Waals surface area contributed by atoms with Crippen molar-refractivity contribution in [2.24, 2.45) is 0 Å². The quantitative estimate of drug-likeness (QED) is 0.918. The minimum atomic E-state index is -1.11. The fraction of sp³-hybridized carbons (Fsp3) is 0.632. The maximum absolute atomic E-state index is 12.6. The van der Waals surface area contributed by atoms with E-state index in [9.17, 15) is 9.90 Å². The van der Waals surface area contributed by atoms with Crippen LogP contribution in [0.2, 0.25) is 0 Å². The third kappa shape index (κ3) is 3.90. The maximum atomic E-state index is 12.6. The molecule has 5 heteroatoms. The Morgan fingerprint density at radius 2 is 1.88 bits per heavy atom. The average molecular weight is 332 g/mol. The molecule has 1 aliphatic carbocycles. The Bertz CT molecular complexity index is 549. The molecule has 1 aromatic carbocycles. The highest BCUT2D eigenvalue weighted by molar-refractivity contribution is 5.82. The Morgan fingerprint density at radius 3 is 2.54 bits per heavy atom. The van der Waals surface area contributed by atoms with Crippen LogP contribution in [0.4, 0.5) is 0 Å². The van der Waals surface area contributed by atoms with Crippen molar-refractivity contribution in [3.8, 4) is 5.75 Å². The first kappa shape index (κ1) is 17.2. The van der Waals surface area contributed by atoms with Crippen molar-refractivity contribution >= 4 is 5.91 Å². The van der Waals surface area contributed by atoms with Crippen LogP contribution >= 0.6 is 0 Å². The van der Waals surface area contributed by atoms with E-state index in [0.29, 0.717) is 30.4 Å². The van der Waals surface area contributed by atoms with Gasteiger partial charge in [0, 0.05) is 32.2 Å². The molecule has 24 heavy (non-hydrogen) atoms. The van der Waals surface area contributed by atoms with E-state index in [4.69, 9.17) is 4.74 Å². The Labute approximate surface area is 144 Å². The molecule has 1 unspecified atom stereocenters. The molecular weight excluding hydrogens is 304 g/mol. The number of carbonyl (C=O) groups is 1. The molecule has 1 aromatic rings.